The van der Waals surface area contributed by atoms with E-state index in [-0.39, 0.29) is 0 Å². The van der Waals surface area contributed by atoms with Gasteiger partial charge in [-0.25, -0.2) is 15.0 Å². The molecule has 0 fully saturated rings. The predicted octanol–water partition coefficient (Wildman–Crippen LogP) is 17.1. The Balaban J connectivity index is 0.860. The van der Waals surface area contributed by atoms with Crippen LogP contribution in [-0.2, 0) is 0 Å². The van der Waals surface area contributed by atoms with Crippen molar-refractivity contribution in [3.05, 3.63) is 212 Å². The van der Waals surface area contributed by atoms with Gasteiger partial charge in [0, 0.05) is 47.6 Å². The summed E-state index contributed by atoms with van der Waals surface area (Å²) >= 11 is 1.86. The minimum absolute atomic E-state index is 0.583. The molecule has 66 heavy (non-hydrogen) atoms. The number of furan rings is 1. The lowest BCUT2D eigenvalue weighted by Gasteiger charge is -2.13. The van der Waals surface area contributed by atoms with Gasteiger partial charge in [0.15, 0.2) is 17.5 Å². The van der Waals surface area contributed by atoms with Crippen molar-refractivity contribution in [3.8, 4) is 56.4 Å². The molecule has 14 aromatic rings. The Morgan fingerprint density at radius 2 is 0.773 bits per heavy atom. The average Bonchev–Trinajstić information content (AvgIpc) is 3.96. The number of fused-ring (bicyclic) bond motifs is 14. The number of benzene rings is 11. The Bertz CT molecular complexity index is 4270. The molecule has 0 atom stereocenters. The third-order valence-electron chi connectivity index (χ3n) is 13.3. The Morgan fingerprint density at radius 1 is 0.273 bits per heavy atom. The van der Waals surface area contributed by atoms with Gasteiger partial charge in [-0.05, 0) is 120 Å². The zero-order chi connectivity index (χ0) is 43.3. The topological polar surface area (TPSA) is 51.8 Å². The van der Waals surface area contributed by atoms with Crippen LogP contribution in [0.1, 0.15) is 0 Å². The van der Waals surface area contributed by atoms with Crippen molar-refractivity contribution in [2.75, 3.05) is 0 Å². The van der Waals surface area contributed by atoms with Gasteiger partial charge in [-0.1, -0.05) is 158 Å². The summed E-state index contributed by atoms with van der Waals surface area (Å²) in [4.78, 5) is 15.3. The van der Waals surface area contributed by atoms with Crippen molar-refractivity contribution < 1.29 is 4.42 Å². The van der Waals surface area contributed by atoms with E-state index >= 15 is 0 Å². The first-order valence-electron chi connectivity index (χ1n) is 22.2. The summed E-state index contributed by atoms with van der Waals surface area (Å²) in [6.45, 7) is 0. The summed E-state index contributed by atoms with van der Waals surface area (Å²) < 4.78 is 9.18. The van der Waals surface area contributed by atoms with Crippen LogP contribution >= 0.6 is 11.3 Å². The van der Waals surface area contributed by atoms with Crippen LogP contribution in [-0.4, -0.2) is 15.0 Å². The van der Waals surface area contributed by atoms with E-state index in [0.717, 1.165) is 55.3 Å². The zero-order valence-electron chi connectivity index (χ0n) is 35.4. The molecule has 0 aliphatic heterocycles. The van der Waals surface area contributed by atoms with E-state index in [1.165, 1.54) is 68.8 Å². The molecule has 5 heteroatoms. The molecule has 0 unspecified atom stereocenters. The van der Waals surface area contributed by atoms with E-state index in [4.69, 9.17) is 19.4 Å². The molecule has 306 valence electrons. The minimum atomic E-state index is 0.583. The maximum atomic E-state index is 6.58. The molecule has 4 nitrogen and oxygen atoms in total. The molecule has 0 radical (unpaired) electrons. The van der Waals surface area contributed by atoms with Gasteiger partial charge in [0.25, 0.3) is 0 Å². The highest BCUT2D eigenvalue weighted by molar-refractivity contribution is 7.26. The highest BCUT2D eigenvalue weighted by Gasteiger charge is 2.17. The molecule has 3 heterocycles. The van der Waals surface area contributed by atoms with Crippen LogP contribution in [0.25, 0.3) is 142 Å². The third kappa shape index (κ3) is 5.87. The van der Waals surface area contributed by atoms with E-state index in [1.807, 2.05) is 41.7 Å². The zero-order valence-corrected chi connectivity index (χ0v) is 36.2. The summed E-state index contributed by atoms with van der Waals surface area (Å²) in [7, 11) is 0. The van der Waals surface area contributed by atoms with Gasteiger partial charge in [0.1, 0.15) is 11.2 Å². The summed E-state index contributed by atoms with van der Waals surface area (Å²) in [5.74, 6) is 1.80. The van der Waals surface area contributed by atoms with Crippen LogP contribution in [0.3, 0.4) is 0 Å². The van der Waals surface area contributed by atoms with Crippen LogP contribution in [0.4, 0.5) is 0 Å². The van der Waals surface area contributed by atoms with Crippen molar-refractivity contribution in [3.63, 3.8) is 0 Å². The SMILES string of the molecule is c1ccc(-c2nc(-c3cccc(-c4ccc5c6ccccc6c6ccccc6c5c4)c3)nc(-c3ccc4c(c3)oc3ccc(-c5ccc6sc7ccc8ccccc8c7c6c5)cc34)n2)cc1. The maximum absolute atomic E-state index is 6.58. The molecule has 0 N–H and O–H groups in total. The summed E-state index contributed by atoms with van der Waals surface area (Å²) in [5, 5.41) is 14.8. The summed E-state index contributed by atoms with van der Waals surface area (Å²) in [6, 6.07) is 75.8. The van der Waals surface area contributed by atoms with E-state index in [9.17, 15) is 0 Å². The molecule has 0 aliphatic rings. The number of aromatic nitrogens is 3. The highest BCUT2D eigenvalue weighted by atomic mass is 32.1. The molecule has 0 aliphatic carbocycles. The van der Waals surface area contributed by atoms with Gasteiger partial charge in [-0.2, -0.15) is 0 Å². The lowest BCUT2D eigenvalue weighted by atomic mass is 9.92. The van der Waals surface area contributed by atoms with Crippen LogP contribution in [0.5, 0.6) is 0 Å². The monoisotopic (exact) mass is 857 g/mol. The van der Waals surface area contributed by atoms with E-state index < -0.39 is 0 Å². The molecule has 0 saturated carbocycles. The second kappa shape index (κ2) is 14.5. The number of rotatable bonds is 5. The maximum Gasteiger partial charge on any atom is 0.164 e. The molecule has 11 aromatic carbocycles. The fraction of sp³-hybridized carbons (Fsp3) is 0. The average molecular weight is 858 g/mol. The number of nitrogens with zero attached hydrogens (tertiary/aromatic N) is 3. The van der Waals surface area contributed by atoms with Crippen molar-refractivity contribution in [2.45, 2.75) is 0 Å². The fourth-order valence-corrected chi connectivity index (χ4v) is 11.2. The Labute approximate surface area is 382 Å². The molecular weight excluding hydrogens is 823 g/mol. The van der Waals surface area contributed by atoms with Gasteiger partial charge in [0.2, 0.25) is 0 Å². The Kier molecular flexibility index (Phi) is 8.12. The number of thiophene rings is 1. The van der Waals surface area contributed by atoms with Crippen LogP contribution in [0, 0.1) is 0 Å². The molecule has 3 aromatic heterocycles. The molecule has 14 rings (SSSR count). The van der Waals surface area contributed by atoms with Gasteiger partial charge >= 0.3 is 0 Å². The van der Waals surface area contributed by atoms with Gasteiger partial charge < -0.3 is 4.42 Å². The van der Waals surface area contributed by atoms with Crippen LogP contribution < -0.4 is 0 Å². The molecule has 0 spiro atoms. The quantitative estimate of drug-likeness (QED) is 0.162. The summed E-state index contributed by atoms with van der Waals surface area (Å²) in [6.07, 6.45) is 0. The first-order valence-corrected chi connectivity index (χ1v) is 23.1. The number of hydrogen-bond donors (Lipinski definition) is 0. The van der Waals surface area contributed by atoms with Crippen LogP contribution in [0.2, 0.25) is 0 Å². The van der Waals surface area contributed by atoms with Crippen molar-refractivity contribution in [1.82, 2.24) is 15.0 Å². The van der Waals surface area contributed by atoms with E-state index in [0.29, 0.717) is 17.5 Å². The van der Waals surface area contributed by atoms with Gasteiger partial charge in [-0.3, -0.25) is 0 Å². The smallest absolute Gasteiger partial charge is 0.164 e. The normalized spacial score (nSPS) is 11.9. The van der Waals surface area contributed by atoms with Crippen molar-refractivity contribution in [2.24, 2.45) is 0 Å². The van der Waals surface area contributed by atoms with E-state index in [2.05, 4.69) is 182 Å². The van der Waals surface area contributed by atoms with Gasteiger partial charge in [-0.15, -0.1) is 11.3 Å². The Morgan fingerprint density at radius 3 is 1.53 bits per heavy atom. The first kappa shape index (κ1) is 36.9. The molecule has 0 amide bonds. The molecule has 0 saturated heterocycles. The van der Waals surface area contributed by atoms with Gasteiger partial charge in [0.05, 0.1) is 0 Å². The van der Waals surface area contributed by atoms with Crippen LogP contribution in [0.15, 0.2) is 217 Å². The summed E-state index contributed by atoms with van der Waals surface area (Å²) in [5.41, 5.74) is 8.88. The second-order valence-electron chi connectivity index (χ2n) is 17.1. The fourth-order valence-electron chi connectivity index (χ4n) is 10.1. The van der Waals surface area contributed by atoms with Crippen molar-refractivity contribution in [1.29, 1.82) is 0 Å². The lowest BCUT2D eigenvalue weighted by molar-refractivity contribution is 0.669. The minimum Gasteiger partial charge on any atom is -0.456 e. The first-order chi connectivity index (χ1) is 32.7. The lowest BCUT2D eigenvalue weighted by Crippen LogP contribution is -2.00. The molecule has 0 bridgehead atoms. The second-order valence-corrected chi connectivity index (χ2v) is 18.2. The standard InChI is InChI=1S/C61H35N3OS/c1-2-12-37(13-3-1)59-62-60(42-15-10-14-38(31-42)39-21-26-49-47-19-7-6-17-45(47)46-18-8-9-20-48(46)51(49)32-39)64-61(63-59)43-22-27-50-52-33-40(23-28-54(52)65-55(50)35-43)41-25-29-56-53(34-41)58-44-16-5-4-11-36(44)24-30-57(58)66-56/h1-35H. The largest absolute Gasteiger partial charge is 0.456 e. The predicted molar refractivity (Wildman–Crippen MR) is 277 cm³/mol. The third-order valence-corrected chi connectivity index (χ3v) is 14.4. The van der Waals surface area contributed by atoms with Crippen molar-refractivity contribution >= 4 is 96.5 Å². The Hall–Kier alpha value is -8.51. The van der Waals surface area contributed by atoms with E-state index in [1.54, 1.807) is 0 Å². The highest BCUT2D eigenvalue weighted by Crippen LogP contribution is 2.42. The molecular formula is C61H35N3OS. The number of hydrogen-bond acceptors (Lipinski definition) is 5.